The number of oxazole rings is 1. The fraction of sp³-hybridized carbons (Fsp3) is 0.273. The van der Waals surface area contributed by atoms with Crippen molar-refractivity contribution < 1.29 is 17.6 Å². The quantitative estimate of drug-likeness (QED) is 0.785. The third-order valence-corrected chi connectivity index (χ3v) is 4.98. The van der Waals surface area contributed by atoms with Crippen molar-refractivity contribution in [2.45, 2.75) is 11.7 Å². The number of carbonyl (C=O) groups is 1. The van der Waals surface area contributed by atoms with E-state index in [4.69, 9.17) is 15.1 Å². The van der Waals surface area contributed by atoms with E-state index in [0.29, 0.717) is 16.8 Å². The molecule has 1 aliphatic rings. The van der Waals surface area contributed by atoms with Crippen LogP contribution >= 0.6 is 10.7 Å². The van der Waals surface area contributed by atoms with Gasteiger partial charge in [-0.05, 0) is 12.1 Å². The third kappa shape index (κ3) is 2.19. The third-order valence-electron chi connectivity index (χ3n) is 3.11. The second-order valence-electron chi connectivity index (χ2n) is 4.31. The average Bonchev–Trinajstić information content (AvgIpc) is 2.92. The van der Waals surface area contributed by atoms with Gasteiger partial charge in [-0.25, -0.2) is 13.4 Å². The number of halogens is 1. The smallest absolute Gasteiger partial charge is 0.237 e. The Morgan fingerprint density at radius 1 is 1.42 bits per heavy atom. The fourth-order valence-electron chi connectivity index (χ4n) is 2.12. The van der Waals surface area contributed by atoms with Crippen LogP contribution in [-0.2, 0) is 13.8 Å². The summed E-state index contributed by atoms with van der Waals surface area (Å²) in [5, 5.41) is -0.868. The molecule has 8 heteroatoms. The number of aromatic nitrogens is 1. The van der Waals surface area contributed by atoms with Crippen LogP contribution in [0.25, 0.3) is 11.1 Å². The second-order valence-corrected chi connectivity index (χ2v) is 7.22. The molecule has 2 aromatic rings. The lowest BCUT2D eigenvalue weighted by Crippen LogP contribution is -2.26. The predicted octanol–water partition coefficient (Wildman–Crippen LogP) is 1.50. The van der Waals surface area contributed by atoms with Crippen molar-refractivity contribution in [2.24, 2.45) is 0 Å². The van der Waals surface area contributed by atoms with Crippen LogP contribution in [0, 0.1) is 0 Å². The summed E-state index contributed by atoms with van der Waals surface area (Å²) in [6.07, 6.45) is 1.21. The van der Waals surface area contributed by atoms with E-state index < -0.39 is 14.3 Å². The zero-order chi connectivity index (χ0) is 13.6. The van der Waals surface area contributed by atoms with Crippen LogP contribution in [0.2, 0.25) is 0 Å². The maximum absolute atomic E-state index is 11.9. The molecule has 6 nitrogen and oxygen atoms in total. The van der Waals surface area contributed by atoms with Crippen molar-refractivity contribution in [2.75, 3.05) is 11.4 Å². The maximum atomic E-state index is 11.9. The lowest BCUT2D eigenvalue weighted by Gasteiger charge is -2.15. The van der Waals surface area contributed by atoms with Crippen molar-refractivity contribution in [1.82, 2.24) is 4.98 Å². The van der Waals surface area contributed by atoms with E-state index in [1.807, 2.05) is 0 Å². The van der Waals surface area contributed by atoms with Gasteiger partial charge in [0.1, 0.15) is 10.8 Å². The number of rotatable bonds is 2. The number of fused-ring (bicyclic) bond motifs is 1. The molecule has 1 aliphatic heterocycles. The van der Waals surface area contributed by atoms with Gasteiger partial charge in [-0.3, -0.25) is 4.79 Å². The standard InChI is InChI=1S/C11H9ClN2O4S/c12-19(16,17)8-4-11(15)14(5-8)7-1-2-9-10(3-7)18-6-13-9/h1-3,6,8H,4-5H2. The normalized spacial score (nSPS) is 20.4. The SMILES string of the molecule is O=C1CC(S(=O)(=O)Cl)CN1c1ccc2ncoc2c1. The fourth-order valence-corrected chi connectivity index (χ4v) is 3.15. The molecule has 1 atom stereocenters. The Hall–Kier alpha value is -1.60. The first-order valence-corrected chi connectivity index (χ1v) is 7.89. The van der Waals surface area contributed by atoms with Gasteiger partial charge in [0.25, 0.3) is 0 Å². The Bertz CT molecular complexity index is 755. The monoisotopic (exact) mass is 300 g/mol. The minimum absolute atomic E-state index is 0.0598. The minimum Gasteiger partial charge on any atom is -0.443 e. The summed E-state index contributed by atoms with van der Waals surface area (Å²) in [4.78, 5) is 17.2. The van der Waals surface area contributed by atoms with E-state index in [0.717, 1.165) is 0 Å². The predicted molar refractivity (Wildman–Crippen MR) is 69.5 cm³/mol. The molecule has 19 heavy (non-hydrogen) atoms. The highest BCUT2D eigenvalue weighted by Crippen LogP contribution is 2.28. The van der Waals surface area contributed by atoms with Crippen LogP contribution in [0.3, 0.4) is 0 Å². The van der Waals surface area contributed by atoms with Gasteiger partial charge in [0.05, 0.1) is 0 Å². The van der Waals surface area contributed by atoms with Gasteiger partial charge in [-0.15, -0.1) is 0 Å². The molecule has 0 saturated carbocycles. The molecule has 0 bridgehead atoms. The molecule has 2 heterocycles. The first kappa shape index (κ1) is 12.4. The number of carbonyl (C=O) groups excluding carboxylic acids is 1. The first-order chi connectivity index (χ1) is 8.95. The molecule has 1 aromatic heterocycles. The van der Waals surface area contributed by atoms with E-state index in [1.54, 1.807) is 18.2 Å². The zero-order valence-electron chi connectivity index (χ0n) is 9.61. The van der Waals surface area contributed by atoms with Crippen molar-refractivity contribution in [1.29, 1.82) is 0 Å². The molecular formula is C11H9ClN2O4S. The highest BCUT2D eigenvalue weighted by molar-refractivity contribution is 8.14. The van der Waals surface area contributed by atoms with Crippen LogP contribution in [0.4, 0.5) is 5.69 Å². The highest BCUT2D eigenvalue weighted by atomic mass is 35.7. The number of hydrogen-bond acceptors (Lipinski definition) is 5. The molecule has 1 amide bonds. The molecule has 0 N–H and O–H groups in total. The molecule has 0 radical (unpaired) electrons. The Morgan fingerprint density at radius 3 is 2.89 bits per heavy atom. The topological polar surface area (TPSA) is 80.5 Å². The largest absolute Gasteiger partial charge is 0.443 e. The summed E-state index contributed by atoms with van der Waals surface area (Å²) < 4.78 is 27.7. The number of nitrogens with zero attached hydrogens (tertiary/aromatic N) is 2. The van der Waals surface area contributed by atoms with Crippen molar-refractivity contribution in [3.8, 4) is 0 Å². The van der Waals surface area contributed by atoms with Gasteiger partial charge in [-0.2, -0.15) is 0 Å². The Labute approximate surface area is 113 Å². The van der Waals surface area contributed by atoms with Gasteiger partial charge in [0, 0.05) is 35.4 Å². The van der Waals surface area contributed by atoms with Crippen molar-refractivity contribution in [3.63, 3.8) is 0 Å². The Kier molecular flexibility index (Phi) is 2.75. The highest BCUT2D eigenvalue weighted by Gasteiger charge is 2.38. The molecule has 1 aromatic carbocycles. The number of benzene rings is 1. The summed E-state index contributed by atoms with van der Waals surface area (Å²) in [6.45, 7) is 0.0598. The van der Waals surface area contributed by atoms with Crippen LogP contribution in [0.15, 0.2) is 29.0 Å². The molecule has 1 fully saturated rings. The lowest BCUT2D eigenvalue weighted by molar-refractivity contribution is -0.117. The van der Waals surface area contributed by atoms with Crippen LogP contribution in [0.1, 0.15) is 6.42 Å². The summed E-state index contributed by atoms with van der Waals surface area (Å²) in [6, 6.07) is 5.07. The van der Waals surface area contributed by atoms with Crippen LogP contribution < -0.4 is 4.90 Å². The summed E-state index contributed by atoms with van der Waals surface area (Å²) in [7, 11) is 1.57. The Morgan fingerprint density at radius 2 is 2.21 bits per heavy atom. The molecule has 0 spiro atoms. The van der Waals surface area contributed by atoms with Crippen molar-refractivity contribution in [3.05, 3.63) is 24.6 Å². The van der Waals surface area contributed by atoms with Gasteiger partial charge in [0.15, 0.2) is 12.0 Å². The number of anilines is 1. The maximum Gasteiger partial charge on any atom is 0.237 e. The minimum atomic E-state index is -3.73. The molecular weight excluding hydrogens is 292 g/mol. The molecule has 1 unspecified atom stereocenters. The van der Waals surface area contributed by atoms with E-state index >= 15 is 0 Å². The van der Waals surface area contributed by atoms with Crippen LogP contribution in [0.5, 0.6) is 0 Å². The zero-order valence-corrected chi connectivity index (χ0v) is 11.2. The average molecular weight is 301 g/mol. The summed E-state index contributed by atoms with van der Waals surface area (Å²) in [5.74, 6) is -0.270. The number of amides is 1. The van der Waals surface area contributed by atoms with E-state index in [9.17, 15) is 13.2 Å². The molecule has 100 valence electrons. The summed E-state index contributed by atoms with van der Waals surface area (Å²) >= 11 is 0. The van der Waals surface area contributed by atoms with E-state index in [2.05, 4.69) is 4.98 Å². The lowest BCUT2D eigenvalue weighted by atomic mass is 10.2. The summed E-state index contributed by atoms with van der Waals surface area (Å²) in [5.41, 5.74) is 1.80. The van der Waals surface area contributed by atoms with Gasteiger partial charge < -0.3 is 9.32 Å². The second kappa shape index (κ2) is 4.21. The van der Waals surface area contributed by atoms with E-state index in [-0.39, 0.29) is 18.9 Å². The van der Waals surface area contributed by atoms with Crippen molar-refractivity contribution >= 4 is 42.4 Å². The van der Waals surface area contributed by atoms with Gasteiger partial charge in [0.2, 0.25) is 15.0 Å². The molecule has 1 saturated heterocycles. The van der Waals surface area contributed by atoms with Gasteiger partial charge in [-0.1, -0.05) is 0 Å². The van der Waals surface area contributed by atoms with Gasteiger partial charge >= 0.3 is 0 Å². The number of hydrogen-bond donors (Lipinski definition) is 0. The van der Waals surface area contributed by atoms with Crippen LogP contribution in [-0.4, -0.2) is 31.1 Å². The molecule has 3 rings (SSSR count). The Balaban J connectivity index is 1.96. The first-order valence-electron chi connectivity index (χ1n) is 5.52. The van der Waals surface area contributed by atoms with E-state index in [1.165, 1.54) is 11.3 Å². The molecule has 0 aliphatic carbocycles.